The molecule has 0 spiro atoms. The van der Waals surface area contributed by atoms with Gasteiger partial charge < -0.3 is 0 Å². The highest BCUT2D eigenvalue weighted by molar-refractivity contribution is 7.88. The van der Waals surface area contributed by atoms with Gasteiger partial charge in [0, 0.05) is 30.9 Å². The van der Waals surface area contributed by atoms with Gasteiger partial charge in [0.05, 0.1) is 11.9 Å². The first-order valence-electron chi connectivity index (χ1n) is 6.82. The van der Waals surface area contributed by atoms with Gasteiger partial charge >= 0.3 is 0 Å². The summed E-state index contributed by atoms with van der Waals surface area (Å²) in [6.45, 7) is 1.25. The van der Waals surface area contributed by atoms with E-state index in [1.54, 1.807) is 21.8 Å². The lowest BCUT2D eigenvalue weighted by Gasteiger charge is -2.13. The maximum Gasteiger partial charge on any atom is 0.211 e. The summed E-state index contributed by atoms with van der Waals surface area (Å²) in [4.78, 5) is 8.69. The number of hydrogen-bond acceptors (Lipinski definition) is 5. The van der Waals surface area contributed by atoms with Crippen LogP contribution in [-0.4, -0.2) is 42.0 Å². The van der Waals surface area contributed by atoms with E-state index in [0.29, 0.717) is 19.0 Å². The van der Waals surface area contributed by atoms with Crippen molar-refractivity contribution >= 4 is 21.4 Å². The monoisotopic (exact) mass is 323 g/mol. The summed E-state index contributed by atoms with van der Waals surface area (Å²) in [5, 5.41) is 2.86. The van der Waals surface area contributed by atoms with Crippen molar-refractivity contribution in [2.24, 2.45) is 5.92 Å². The number of pyridine rings is 1. The molecule has 1 saturated heterocycles. The molecule has 1 aliphatic rings. The molecule has 3 rings (SSSR count). The Balaban J connectivity index is 1.64. The minimum atomic E-state index is -3.05. The lowest BCUT2D eigenvalue weighted by atomic mass is 10.00. The fourth-order valence-corrected chi connectivity index (χ4v) is 4.15. The van der Waals surface area contributed by atoms with Crippen LogP contribution in [0.25, 0.3) is 10.7 Å². The van der Waals surface area contributed by atoms with Gasteiger partial charge in [0.15, 0.2) is 0 Å². The third kappa shape index (κ3) is 3.48. The van der Waals surface area contributed by atoms with Crippen LogP contribution in [0.5, 0.6) is 0 Å². The lowest BCUT2D eigenvalue weighted by molar-refractivity contribution is 0.460. The Hall–Kier alpha value is -1.31. The molecule has 1 fully saturated rings. The molecule has 7 heteroatoms. The van der Waals surface area contributed by atoms with Gasteiger partial charge in [-0.15, -0.1) is 11.3 Å². The van der Waals surface area contributed by atoms with Gasteiger partial charge in [0.25, 0.3) is 0 Å². The Morgan fingerprint density at radius 3 is 2.81 bits per heavy atom. The molecule has 3 heterocycles. The molecule has 2 aromatic heterocycles. The zero-order chi connectivity index (χ0) is 14.9. The van der Waals surface area contributed by atoms with Gasteiger partial charge in [-0.1, -0.05) is 6.07 Å². The highest BCUT2D eigenvalue weighted by Crippen LogP contribution is 2.24. The van der Waals surface area contributed by atoms with Gasteiger partial charge in [-0.25, -0.2) is 17.7 Å². The highest BCUT2D eigenvalue weighted by atomic mass is 32.2. The summed E-state index contributed by atoms with van der Waals surface area (Å²) >= 11 is 1.57. The van der Waals surface area contributed by atoms with E-state index >= 15 is 0 Å². The highest BCUT2D eigenvalue weighted by Gasteiger charge is 2.28. The van der Waals surface area contributed by atoms with Gasteiger partial charge in [-0.2, -0.15) is 0 Å². The molecular weight excluding hydrogens is 306 g/mol. The van der Waals surface area contributed by atoms with E-state index in [0.717, 1.165) is 29.1 Å². The Kier molecular flexibility index (Phi) is 4.05. The largest absolute Gasteiger partial charge is 0.253 e. The average molecular weight is 323 g/mol. The molecule has 21 heavy (non-hydrogen) atoms. The smallest absolute Gasteiger partial charge is 0.211 e. The van der Waals surface area contributed by atoms with Gasteiger partial charge in [0.1, 0.15) is 5.01 Å². The van der Waals surface area contributed by atoms with Crippen molar-refractivity contribution in [3.05, 3.63) is 35.5 Å². The quantitative estimate of drug-likeness (QED) is 0.863. The van der Waals surface area contributed by atoms with E-state index in [2.05, 4.69) is 16.0 Å². The third-order valence-electron chi connectivity index (χ3n) is 3.72. The second kappa shape index (κ2) is 5.82. The van der Waals surface area contributed by atoms with E-state index < -0.39 is 10.0 Å². The summed E-state index contributed by atoms with van der Waals surface area (Å²) in [6.07, 6.45) is 6.71. The van der Waals surface area contributed by atoms with Crippen LogP contribution in [0.4, 0.5) is 0 Å². The van der Waals surface area contributed by atoms with Crippen LogP contribution in [-0.2, 0) is 16.4 Å². The topological polar surface area (TPSA) is 63.2 Å². The number of thiazole rings is 1. The molecule has 5 nitrogen and oxygen atoms in total. The fraction of sp³-hybridized carbons (Fsp3) is 0.429. The van der Waals surface area contributed by atoms with Crippen LogP contribution in [0, 0.1) is 5.92 Å². The first-order chi connectivity index (χ1) is 10.0. The first kappa shape index (κ1) is 14.6. The Morgan fingerprint density at radius 1 is 1.38 bits per heavy atom. The van der Waals surface area contributed by atoms with Gasteiger partial charge in [-0.05, 0) is 30.4 Å². The molecule has 1 atom stereocenters. The molecule has 112 valence electrons. The number of rotatable bonds is 4. The predicted molar refractivity (Wildman–Crippen MR) is 83.6 cm³/mol. The van der Waals surface area contributed by atoms with Crippen molar-refractivity contribution in [3.63, 3.8) is 0 Å². The van der Waals surface area contributed by atoms with Gasteiger partial charge in [-0.3, -0.25) is 4.98 Å². The van der Waals surface area contributed by atoms with Crippen LogP contribution in [0.15, 0.2) is 29.9 Å². The Morgan fingerprint density at radius 2 is 2.24 bits per heavy atom. The zero-order valence-electron chi connectivity index (χ0n) is 11.8. The second-order valence-corrected chi connectivity index (χ2v) is 8.25. The van der Waals surface area contributed by atoms with E-state index in [9.17, 15) is 8.42 Å². The summed E-state index contributed by atoms with van der Waals surface area (Å²) in [6, 6.07) is 4.05. The van der Waals surface area contributed by atoms with E-state index in [1.807, 2.05) is 17.6 Å². The minimum absolute atomic E-state index is 0.382. The third-order valence-corrected chi connectivity index (χ3v) is 5.78. The second-order valence-electron chi connectivity index (χ2n) is 5.37. The van der Waals surface area contributed by atoms with Crippen LogP contribution in [0.1, 0.15) is 12.0 Å². The van der Waals surface area contributed by atoms with Crippen molar-refractivity contribution in [1.82, 2.24) is 14.3 Å². The molecule has 0 aromatic carbocycles. The zero-order valence-corrected chi connectivity index (χ0v) is 13.4. The summed E-state index contributed by atoms with van der Waals surface area (Å²) < 4.78 is 24.6. The molecule has 0 N–H and O–H groups in total. The van der Waals surface area contributed by atoms with Crippen molar-refractivity contribution in [3.8, 4) is 10.7 Å². The van der Waals surface area contributed by atoms with E-state index in [-0.39, 0.29) is 0 Å². The average Bonchev–Trinajstić information content (AvgIpc) is 3.09. The maximum absolute atomic E-state index is 11.5. The molecule has 0 aliphatic carbocycles. The minimum Gasteiger partial charge on any atom is -0.253 e. The molecule has 1 aliphatic heterocycles. The first-order valence-corrected chi connectivity index (χ1v) is 9.55. The molecule has 0 radical (unpaired) electrons. The SMILES string of the molecule is CS(=O)(=O)N1CC[C@H](Cc2ccc(-c3nccs3)nc2)C1. The summed E-state index contributed by atoms with van der Waals surface area (Å²) in [7, 11) is -3.05. The standard InChI is InChI=1S/C14H17N3O2S2/c1-21(18,19)17-6-4-12(10-17)8-11-2-3-13(16-9-11)14-15-5-7-20-14/h2-3,5,7,9,12H,4,6,8,10H2,1H3/t12-/m1/s1. The van der Waals surface area contributed by atoms with E-state index in [4.69, 9.17) is 0 Å². The number of hydrogen-bond donors (Lipinski definition) is 0. The molecule has 0 unspecified atom stereocenters. The maximum atomic E-state index is 11.5. The van der Waals surface area contributed by atoms with Gasteiger partial charge in [0.2, 0.25) is 10.0 Å². The lowest BCUT2D eigenvalue weighted by Crippen LogP contribution is -2.27. The predicted octanol–water partition coefficient (Wildman–Crippen LogP) is 2.03. The molecule has 0 amide bonds. The van der Waals surface area contributed by atoms with Crippen LogP contribution >= 0.6 is 11.3 Å². The van der Waals surface area contributed by atoms with Crippen molar-refractivity contribution < 1.29 is 8.42 Å². The molecule has 0 saturated carbocycles. The summed E-state index contributed by atoms with van der Waals surface area (Å²) in [5.74, 6) is 0.382. The van der Waals surface area contributed by atoms with Crippen LogP contribution in [0.2, 0.25) is 0 Å². The van der Waals surface area contributed by atoms with Crippen LogP contribution < -0.4 is 0 Å². The van der Waals surface area contributed by atoms with E-state index in [1.165, 1.54) is 6.26 Å². The summed E-state index contributed by atoms with van der Waals surface area (Å²) in [5.41, 5.74) is 2.04. The molecule has 2 aromatic rings. The van der Waals surface area contributed by atoms with Crippen molar-refractivity contribution in [1.29, 1.82) is 0 Å². The molecular formula is C14H17N3O2S2. The Labute approximate surface area is 128 Å². The molecule has 0 bridgehead atoms. The normalized spacial score (nSPS) is 20.0. The number of nitrogens with zero attached hydrogens (tertiary/aromatic N) is 3. The van der Waals surface area contributed by atoms with Crippen molar-refractivity contribution in [2.45, 2.75) is 12.8 Å². The number of aromatic nitrogens is 2. The fourth-order valence-electron chi connectivity index (χ4n) is 2.62. The number of sulfonamides is 1. The van der Waals surface area contributed by atoms with Crippen LogP contribution in [0.3, 0.4) is 0 Å². The Bertz CT molecular complexity index is 696. The van der Waals surface area contributed by atoms with Crippen molar-refractivity contribution in [2.75, 3.05) is 19.3 Å².